The number of thioether (sulfide) groups is 1. The molecule has 17 heavy (non-hydrogen) atoms. The van der Waals surface area contributed by atoms with Crippen LogP contribution in [0.2, 0.25) is 0 Å². The van der Waals surface area contributed by atoms with Crippen molar-refractivity contribution in [1.82, 2.24) is 4.98 Å². The lowest BCUT2D eigenvalue weighted by atomic mass is 10.2. The molecule has 1 fully saturated rings. The SMILES string of the molecule is CC1SCCN(c2ncc(C(F)(F)F)s2)C1C. The Morgan fingerprint density at radius 1 is 1.41 bits per heavy atom. The second kappa shape index (κ2) is 4.68. The molecule has 0 saturated carbocycles. The van der Waals surface area contributed by atoms with Crippen LogP contribution >= 0.6 is 23.1 Å². The van der Waals surface area contributed by atoms with Crippen LogP contribution in [-0.4, -0.2) is 28.6 Å². The fourth-order valence-corrected chi connectivity index (χ4v) is 3.73. The lowest BCUT2D eigenvalue weighted by Crippen LogP contribution is -2.44. The zero-order valence-corrected chi connectivity index (χ0v) is 11.1. The highest BCUT2D eigenvalue weighted by Crippen LogP contribution is 2.38. The lowest BCUT2D eigenvalue weighted by Gasteiger charge is -2.37. The third-order valence-corrected chi connectivity index (χ3v) is 5.32. The molecule has 2 heterocycles. The Kier molecular flexibility index (Phi) is 3.58. The van der Waals surface area contributed by atoms with Crippen LogP contribution in [0.3, 0.4) is 0 Å². The number of halogens is 3. The van der Waals surface area contributed by atoms with Crippen LogP contribution in [0.25, 0.3) is 0 Å². The van der Waals surface area contributed by atoms with Crippen molar-refractivity contribution in [2.24, 2.45) is 0 Å². The van der Waals surface area contributed by atoms with Crippen LogP contribution in [-0.2, 0) is 6.18 Å². The van der Waals surface area contributed by atoms with Crippen molar-refractivity contribution in [3.63, 3.8) is 0 Å². The van der Waals surface area contributed by atoms with Crippen LogP contribution in [0.15, 0.2) is 6.20 Å². The predicted octanol–water partition coefficient (Wildman–Crippen LogP) is 3.49. The highest BCUT2D eigenvalue weighted by molar-refractivity contribution is 8.00. The van der Waals surface area contributed by atoms with Gasteiger partial charge in [0.25, 0.3) is 0 Å². The first-order valence-electron chi connectivity index (χ1n) is 5.31. The van der Waals surface area contributed by atoms with E-state index in [9.17, 15) is 13.2 Å². The summed E-state index contributed by atoms with van der Waals surface area (Å²) in [5, 5.41) is 0.902. The Labute approximate surface area is 106 Å². The molecule has 0 aliphatic carbocycles. The molecule has 96 valence electrons. The summed E-state index contributed by atoms with van der Waals surface area (Å²) in [7, 11) is 0. The van der Waals surface area contributed by atoms with E-state index in [-0.39, 0.29) is 6.04 Å². The highest BCUT2D eigenvalue weighted by atomic mass is 32.2. The first-order chi connectivity index (χ1) is 7.89. The molecule has 1 aliphatic rings. The van der Waals surface area contributed by atoms with Gasteiger partial charge in [-0.3, -0.25) is 0 Å². The number of hydrogen-bond donors (Lipinski definition) is 0. The quantitative estimate of drug-likeness (QED) is 0.784. The molecule has 0 radical (unpaired) electrons. The third-order valence-electron chi connectivity index (χ3n) is 2.90. The van der Waals surface area contributed by atoms with Crippen LogP contribution in [0.5, 0.6) is 0 Å². The topological polar surface area (TPSA) is 16.1 Å². The number of aromatic nitrogens is 1. The molecule has 2 unspecified atom stereocenters. The van der Waals surface area contributed by atoms with E-state index < -0.39 is 11.1 Å². The van der Waals surface area contributed by atoms with Crippen molar-refractivity contribution >= 4 is 28.2 Å². The molecular weight excluding hydrogens is 269 g/mol. The fourth-order valence-electron chi connectivity index (χ4n) is 1.73. The number of alkyl halides is 3. The first kappa shape index (κ1) is 13.0. The third kappa shape index (κ3) is 2.70. The molecule has 2 rings (SSSR count). The zero-order chi connectivity index (χ0) is 12.6. The minimum absolute atomic E-state index is 0.223. The van der Waals surface area contributed by atoms with Gasteiger partial charge < -0.3 is 4.90 Å². The van der Waals surface area contributed by atoms with Crippen LogP contribution in [0.4, 0.5) is 18.3 Å². The van der Waals surface area contributed by atoms with Crippen molar-refractivity contribution in [3.05, 3.63) is 11.1 Å². The maximum atomic E-state index is 12.5. The molecule has 1 saturated heterocycles. The van der Waals surface area contributed by atoms with Crippen LogP contribution in [0.1, 0.15) is 18.7 Å². The number of rotatable bonds is 1. The summed E-state index contributed by atoms with van der Waals surface area (Å²) in [5.41, 5.74) is 0. The van der Waals surface area contributed by atoms with E-state index in [2.05, 4.69) is 11.9 Å². The van der Waals surface area contributed by atoms with E-state index in [4.69, 9.17) is 0 Å². The number of nitrogens with zero attached hydrogens (tertiary/aromatic N) is 2. The summed E-state index contributed by atoms with van der Waals surface area (Å²) in [6.45, 7) is 4.90. The van der Waals surface area contributed by atoms with Gasteiger partial charge in [0, 0.05) is 23.6 Å². The van der Waals surface area contributed by atoms with Gasteiger partial charge in [-0.2, -0.15) is 24.9 Å². The minimum Gasteiger partial charge on any atom is -0.343 e. The second-order valence-electron chi connectivity index (χ2n) is 4.01. The zero-order valence-electron chi connectivity index (χ0n) is 9.49. The van der Waals surface area contributed by atoms with Gasteiger partial charge in [-0.05, 0) is 6.92 Å². The largest absolute Gasteiger partial charge is 0.427 e. The molecule has 2 atom stereocenters. The summed E-state index contributed by atoms with van der Waals surface area (Å²) < 4.78 is 37.5. The van der Waals surface area contributed by atoms with Crippen molar-refractivity contribution in [1.29, 1.82) is 0 Å². The van der Waals surface area contributed by atoms with Gasteiger partial charge in [0.1, 0.15) is 4.88 Å². The highest BCUT2D eigenvalue weighted by Gasteiger charge is 2.35. The maximum Gasteiger partial charge on any atom is 0.427 e. The Bertz CT molecular complexity index is 391. The summed E-state index contributed by atoms with van der Waals surface area (Å²) in [5.74, 6) is 0.937. The van der Waals surface area contributed by atoms with Crippen LogP contribution < -0.4 is 4.90 Å². The fraction of sp³-hybridized carbons (Fsp3) is 0.700. The number of thiazole rings is 1. The molecule has 0 spiro atoms. The van der Waals surface area contributed by atoms with Gasteiger partial charge in [0.2, 0.25) is 0 Å². The molecule has 0 aromatic carbocycles. The van der Waals surface area contributed by atoms with E-state index in [1.165, 1.54) is 0 Å². The maximum absolute atomic E-state index is 12.5. The lowest BCUT2D eigenvalue weighted by molar-refractivity contribution is -0.134. The van der Waals surface area contributed by atoms with Gasteiger partial charge >= 0.3 is 6.18 Å². The average Bonchev–Trinajstić information content (AvgIpc) is 2.70. The van der Waals surface area contributed by atoms with Gasteiger partial charge in [0.05, 0.1) is 6.20 Å². The van der Waals surface area contributed by atoms with Gasteiger partial charge in [-0.1, -0.05) is 18.3 Å². The Morgan fingerprint density at radius 3 is 2.71 bits per heavy atom. The molecule has 1 aromatic heterocycles. The predicted molar refractivity (Wildman–Crippen MR) is 65.8 cm³/mol. The van der Waals surface area contributed by atoms with E-state index >= 15 is 0 Å². The summed E-state index contributed by atoms with van der Waals surface area (Å²) >= 11 is 2.58. The standard InChI is InChI=1S/C10H13F3N2S2/c1-6-7(2)16-4-3-15(6)9-14-5-8(17-9)10(11,12)13/h5-7H,3-4H2,1-2H3. The Balaban J connectivity index is 2.19. The molecule has 0 bridgehead atoms. The molecule has 7 heteroatoms. The van der Waals surface area contributed by atoms with E-state index in [0.29, 0.717) is 10.4 Å². The first-order valence-corrected chi connectivity index (χ1v) is 7.17. The number of anilines is 1. The van der Waals surface area contributed by atoms with Gasteiger partial charge in [0.15, 0.2) is 5.13 Å². The van der Waals surface area contributed by atoms with Crippen molar-refractivity contribution in [3.8, 4) is 0 Å². The molecule has 1 aromatic rings. The molecule has 2 nitrogen and oxygen atoms in total. The normalized spacial score (nSPS) is 26.3. The summed E-state index contributed by atoms with van der Waals surface area (Å²) in [4.78, 5) is 5.26. The molecule has 0 amide bonds. The minimum atomic E-state index is -4.28. The smallest absolute Gasteiger partial charge is 0.343 e. The summed E-state index contributed by atoms with van der Waals surface area (Å²) in [6.07, 6.45) is -3.35. The van der Waals surface area contributed by atoms with Crippen molar-refractivity contribution in [2.75, 3.05) is 17.2 Å². The van der Waals surface area contributed by atoms with Crippen LogP contribution in [0, 0.1) is 0 Å². The van der Waals surface area contributed by atoms with E-state index in [1.807, 2.05) is 23.6 Å². The Morgan fingerprint density at radius 2 is 2.12 bits per heavy atom. The van der Waals surface area contributed by atoms with E-state index in [0.717, 1.165) is 29.8 Å². The molecular formula is C10H13F3N2S2. The number of hydrogen-bond acceptors (Lipinski definition) is 4. The van der Waals surface area contributed by atoms with Crippen molar-refractivity contribution < 1.29 is 13.2 Å². The Hall–Kier alpha value is -0.430. The van der Waals surface area contributed by atoms with Gasteiger partial charge in [-0.25, -0.2) is 4.98 Å². The van der Waals surface area contributed by atoms with Gasteiger partial charge in [-0.15, -0.1) is 0 Å². The monoisotopic (exact) mass is 282 g/mol. The molecule has 0 N–H and O–H groups in total. The van der Waals surface area contributed by atoms with Crippen molar-refractivity contribution in [2.45, 2.75) is 31.3 Å². The second-order valence-corrected chi connectivity index (χ2v) is 6.51. The van der Waals surface area contributed by atoms with E-state index in [1.54, 1.807) is 0 Å². The summed E-state index contributed by atoms with van der Waals surface area (Å²) in [6, 6.07) is 0.223. The molecule has 1 aliphatic heterocycles. The average molecular weight is 282 g/mol.